The minimum absolute atomic E-state index is 0.0222. The number of aromatic nitrogens is 2. The second kappa shape index (κ2) is 5.73. The summed E-state index contributed by atoms with van der Waals surface area (Å²) in [6.07, 6.45) is 0.127. The van der Waals surface area contributed by atoms with Crippen molar-refractivity contribution < 1.29 is 14.5 Å². The van der Waals surface area contributed by atoms with E-state index in [9.17, 15) is 9.82 Å². The van der Waals surface area contributed by atoms with Gasteiger partial charge in [0.1, 0.15) is 0 Å². The smallest absolute Gasteiger partial charge is 0.423 e. The highest BCUT2D eigenvalue weighted by atomic mass is 35.5. The molecule has 1 aliphatic rings. The molecule has 2 heterocycles. The first kappa shape index (κ1) is 14.5. The Morgan fingerprint density at radius 1 is 1.33 bits per heavy atom. The summed E-state index contributed by atoms with van der Waals surface area (Å²) in [4.78, 5) is 12.3. The molecule has 21 heavy (non-hydrogen) atoms. The van der Waals surface area contributed by atoms with E-state index in [1.807, 2.05) is 12.1 Å². The van der Waals surface area contributed by atoms with Crippen LogP contribution in [0.15, 0.2) is 24.3 Å². The fourth-order valence-corrected chi connectivity index (χ4v) is 2.55. The molecule has 3 rings (SSSR count). The van der Waals surface area contributed by atoms with Crippen molar-refractivity contribution in [3.05, 3.63) is 51.3 Å². The predicted molar refractivity (Wildman–Crippen MR) is 78.9 cm³/mol. The molecule has 2 aromatic rings. The van der Waals surface area contributed by atoms with Crippen molar-refractivity contribution in [2.75, 3.05) is 0 Å². The summed E-state index contributed by atoms with van der Waals surface area (Å²) >= 11 is 11.6. The Morgan fingerprint density at radius 2 is 2.14 bits per heavy atom. The van der Waals surface area contributed by atoms with Gasteiger partial charge < -0.3 is 9.68 Å². The number of nitrogens with zero attached hydrogens (tertiary/aromatic N) is 2. The van der Waals surface area contributed by atoms with Crippen molar-refractivity contribution in [3.8, 4) is 0 Å². The van der Waals surface area contributed by atoms with Crippen molar-refractivity contribution in [1.29, 1.82) is 0 Å². The first-order chi connectivity index (χ1) is 10.0. The van der Waals surface area contributed by atoms with Crippen LogP contribution in [-0.4, -0.2) is 28.1 Å². The van der Waals surface area contributed by atoms with Crippen LogP contribution in [0.25, 0.3) is 0 Å². The zero-order chi connectivity index (χ0) is 15.0. The van der Waals surface area contributed by atoms with Gasteiger partial charge in [0, 0.05) is 6.42 Å². The third-order valence-corrected chi connectivity index (χ3v) is 3.72. The van der Waals surface area contributed by atoms with E-state index in [0.29, 0.717) is 12.1 Å². The molecule has 0 saturated carbocycles. The van der Waals surface area contributed by atoms with Crippen LogP contribution in [0, 0.1) is 0 Å². The molecule has 0 radical (unpaired) electrons. The molecule has 106 valence electrons. The first-order valence-electron chi connectivity index (χ1n) is 6.18. The summed E-state index contributed by atoms with van der Waals surface area (Å²) in [5.41, 5.74) is 2.60. The van der Waals surface area contributed by atoms with Crippen LogP contribution in [0.1, 0.15) is 21.5 Å². The van der Waals surface area contributed by atoms with Gasteiger partial charge in [-0.1, -0.05) is 41.4 Å². The molecular formula is C13H9BCl2N2O3. The quantitative estimate of drug-likeness (QED) is 0.683. The summed E-state index contributed by atoms with van der Waals surface area (Å²) in [6, 6.07) is 6.81. The number of halogens is 2. The monoisotopic (exact) mass is 322 g/mol. The molecule has 1 aromatic heterocycles. The van der Waals surface area contributed by atoms with E-state index >= 15 is 0 Å². The zero-order valence-electron chi connectivity index (χ0n) is 10.7. The number of carbonyl (C=O) groups excluding carboxylic acids is 1. The normalized spacial score (nSPS) is 13.4. The van der Waals surface area contributed by atoms with Crippen LogP contribution in [0.3, 0.4) is 0 Å². The maximum Gasteiger partial charge on any atom is 0.491 e. The Morgan fingerprint density at radius 3 is 2.95 bits per heavy atom. The molecule has 0 amide bonds. The minimum atomic E-state index is -0.935. The lowest BCUT2D eigenvalue weighted by Gasteiger charge is -2.05. The number of carbonyl (C=O) groups is 1. The second-order valence-corrected chi connectivity index (χ2v) is 5.41. The average molecular weight is 323 g/mol. The van der Waals surface area contributed by atoms with E-state index in [1.54, 1.807) is 6.07 Å². The Kier molecular flexibility index (Phi) is 3.95. The summed E-state index contributed by atoms with van der Waals surface area (Å²) in [6.45, 7) is 0.375. The molecule has 1 aliphatic heterocycles. The fraction of sp³-hybridized carbons (Fsp3) is 0.154. The SMILES string of the molecule is O=C(Cc1ccc2c(c1)B(O)OC2)c1cc(Cl)nnc1Cl. The van der Waals surface area contributed by atoms with Crippen LogP contribution >= 0.6 is 23.2 Å². The van der Waals surface area contributed by atoms with Crippen LogP contribution in [0.2, 0.25) is 10.3 Å². The highest BCUT2D eigenvalue weighted by Crippen LogP contribution is 2.18. The Hall–Kier alpha value is -1.47. The molecule has 0 aliphatic carbocycles. The standard InChI is InChI=1S/C13H9BCl2N2O3/c15-12-5-9(13(16)18-17-12)11(19)4-7-1-2-8-6-21-14(20)10(8)3-7/h1-3,5,20H,4,6H2. The number of fused-ring (bicyclic) bond motifs is 1. The largest absolute Gasteiger partial charge is 0.491 e. The zero-order valence-corrected chi connectivity index (χ0v) is 12.2. The summed E-state index contributed by atoms with van der Waals surface area (Å²) in [7, 11) is -0.935. The number of Topliss-reactive ketones (excluding diaryl/α,β-unsaturated/α-hetero) is 1. The lowest BCUT2D eigenvalue weighted by Crippen LogP contribution is -2.28. The third kappa shape index (κ3) is 2.94. The Labute approximate surface area is 131 Å². The van der Waals surface area contributed by atoms with E-state index in [-0.39, 0.29) is 28.1 Å². The van der Waals surface area contributed by atoms with Crippen LogP contribution in [-0.2, 0) is 17.7 Å². The first-order valence-corrected chi connectivity index (χ1v) is 6.93. The van der Waals surface area contributed by atoms with Gasteiger partial charge in [0.2, 0.25) is 0 Å². The Bertz CT molecular complexity index is 727. The highest BCUT2D eigenvalue weighted by Gasteiger charge is 2.27. The van der Waals surface area contributed by atoms with E-state index in [4.69, 9.17) is 27.9 Å². The van der Waals surface area contributed by atoms with Crippen LogP contribution in [0.5, 0.6) is 0 Å². The summed E-state index contributed by atoms with van der Waals surface area (Å²) in [5, 5.41) is 17.0. The van der Waals surface area contributed by atoms with Gasteiger partial charge in [-0.25, -0.2) is 0 Å². The average Bonchev–Trinajstić information content (AvgIpc) is 2.83. The van der Waals surface area contributed by atoms with E-state index in [2.05, 4.69) is 10.2 Å². The van der Waals surface area contributed by atoms with Gasteiger partial charge >= 0.3 is 7.12 Å². The van der Waals surface area contributed by atoms with E-state index in [1.165, 1.54) is 6.07 Å². The van der Waals surface area contributed by atoms with Gasteiger partial charge in [0.05, 0.1) is 12.2 Å². The maximum atomic E-state index is 12.3. The van der Waals surface area contributed by atoms with Crippen molar-refractivity contribution in [2.45, 2.75) is 13.0 Å². The van der Waals surface area contributed by atoms with Gasteiger partial charge in [0.15, 0.2) is 16.1 Å². The number of ketones is 1. The van der Waals surface area contributed by atoms with Crippen LogP contribution in [0.4, 0.5) is 0 Å². The number of benzene rings is 1. The second-order valence-electron chi connectivity index (χ2n) is 4.67. The molecule has 1 aromatic carbocycles. The lowest BCUT2D eigenvalue weighted by molar-refractivity contribution is 0.0992. The molecule has 0 spiro atoms. The minimum Gasteiger partial charge on any atom is -0.423 e. The molecule has 0 atom stereocenters. The number of hydrogen-bond donors (Lipinski definition) is 1. The molecule has 1 N–H and O–H groups in total. The van der Waals surface area contributed by atoms with E-state index < -0.39 is 7.12 Å². The summed E-state index contributed by atoms with van der Waals surface area (Å²) < 4.78 is 5.12. The van der Waals surface area contributed by atoms with Gasteiger partial charge in [0.25, 0.3) is 0 Å². The molecule has 0 bridgehead atoms. The van der Waals surface area contributed by atoms with Gasteiger partial charge in [-0.2, -0.15) is 0 Å². The van der Waals surface area contributed by atoms with Gasteiger partial charge in [-0.15, -0.1) is 10.2 Å². The lowest BCUT2D eigenvalue weighted by atomic mass is 9.78. The number of hydrogen-bond acceptors (Lipinski definition) is 5. The fourth-order valence-electron chi connectivity index (χ4n) is 2.20. The maximum absolute atomic E-state index is 12.3. The van der Waals surface area contributed by atoms with E-state index in [0.717, 1.165) is 11.1 Å². The number of rotatable bonds is 3. The third-order valence-electron chi connectivity index (χ3n) is 3.26. The van der Waals surface area contributed by atoms with Gasteiger partial charge in [-0.3, -0.25) is 4.79 Å². The molecule has 8 heteroatoms. The highest BCUT2D eigenvalue weighted by molar-refractivity contribution is 6.61. The van der Waals surface area contributed by atoms with Crippen LogP contribution < -0.4 is 5.46 Å². The molecule has 0 unspecified atom stereocenters. The topological polar surface area (TPSA) is 72.3 Å². The molecule has 0 fully saturated rings. The van der Waals surface area contributed by atoms with Crippen molar-refractivity contribution >= 4 is 41.6 Å². The van der Waals surface area contributed by atoms with Crippen molar-refractivity contribution in [3.63, 3.8) is 0 Å². The molecule has 5 nitrogen and oxygen atoms in total. The van der Waals surface area contributed by atoms with Crippen molar-refractivity contribution in [2.24, 2.45) is 0 Å². The molecule has 0 saturated heterocycles. The Balaban J connectivity index is 1.85. The van der Waals surface area contributed by atoms with Gasteiger partial charge in [-0.05, 0) is 22.7 Å². The predicted octanol–water partition coefficient (Wildman–Crippen LogP) is 1.43. The molecular weight excluding hydrogens is 314 g/mol. The van der Waals surface area contributed by atoms with Crippen molar-refractivity contribution in [1.82, 2.24) is 10.2 Å². The summed E-state index contributed by atoms with van der Waals surface area (Å²) in [5.74, 6) is -0.217.